The van der Waals surface area contributed by atoms with Crippen molar-refractivity contribution in [2.75, 3.05) is 5.32 Å². The van der Waals surface area contributed by atoms with Gasteiger partial charge >= 0.3 is 0 Å². The van der Waals surface area contributed by atoms with Crippen LogP contribution in [0.25, 0.3) is 0 Å². The highest BCUT2D eigenvalue weighted by Crippen LogP contribution is 2.28. The number of rotatable bonds is 7. The fraction of sp³-hybridized carbons (Fsp3) is 0.450. The molecule has 3 amide bonds. The Bertz CT molecular complexity index is 871. The lowest BCUT2D eigenvalue weighted by molar-refractivity contribution is -0.120. The number of amides is 3. The van der Waals surface area contributed by atoms with Crippen molar-refractivity contribution in [3.8, 4) is 0 Å². The average Bonchev–Trinajstić information content (AvgIpc) is 3.15. The van der Waals surface area contributed by atoms with Crippen LogP contribution in [0.1, 0.15) is 59.8 Å². The van der Waals surface area contributed by atoms with E-state index in [4.69, 9.17) is 0 Å². The fourth-order valence-corrected chi connectivity index (χ4v) is 4.15. The summed E-state index contributed by atoms with van der Waals surface area (Å²) in [4.78, 5) is 39.7. The topological polar surface area (TPSA) is 92.3 Å². The molecule has 0 spiro atoms. The average molecular weight is 401 g/mol. The molecule has 2 aromatic rings. The summed E-state index contributed by atoms with van der Waals surface area (Å²) in [6.07, 6.45) is 1.15. The van der Waals surface area contributed by atoms with E-state index in [1.165, 1.54) is 11.3 Å². The van der Waals surface area contributed by atoms with Crippen LogP contribution >= 0.6 is 11.3 Å². The minimum atomic E-state index is -0.898. The molecule has 0 saturated heterocycles. The Morgan fingerprint density at radius 2 is 1.64 bits per heavy atom. The number of aromatic nitrogens is 2. The molecule has 1 unspecified atom stereocenters. The Hall–Kier alpha value is -2.61. The van der Waals surface area contributed by atoms with Crippen LogP contribution in [0, 0.1) is 11.8 Å². The van der Waals surface area contributed by atoms with Crippen LogP contribution in [0.2, 0.25) is 0 Å². The summed E-state index contributed by atoms with van der Waals surface area (Å²) in [6.45, 7) is 8.06. The summed E-state index contributed by atoms with van der Waals surface area (Å²) in [5.74, 6) is -0.733. The van der Waals surface area contributed by atoms with Crippen molar-refractivity contribution in [3.63, 3.8) is 0 Å². The van der Waals surface area contributed by atoms with Gasteiger partial charge in [0, 0.05) is 6.42 Å². The lowest BCUT2D eigenvalue weighted by Gasteiger charge is -2.26. The van der Waals surface area contributed by atoms with Crippen molar-refractivity contribution in [2.45, 2.75) is 46.6 Å². The van der Waals surface area contributed by atoms with E-state index in [1.807, 2.05) is 13.8 Å². The maximum Gasteiger partial charge on any atom is 0.262 e. The van der Waals surface area contributed by atoms with Gasteiger partial charge in [-0.15, -0.1) is 10.2 Å². The molecule has 1 aromatic heterocycles. The molecule has 1 N–H and O–H groups in total. The number of nitrogens with one attached hydrogen (secondary N) is 1. The van der Waals surface area contributed by atoms with E-state index in [9.17, 15) is 14.4 Å². The predicted octanol–water partition coefficient (Wildman–Crippen LogP) is 3.39. The zero-order valence-electron chi connectivity index (χ0n) is 16.4. The number of imide groups is 1. The van der Waals surface area contributed by atoms with E-state index in [2.05, 4.69) is 29.4 Å². The Kier molecular flexibility index (Phi) is 5.88. The standard InChI is InChI=1S/C20H24N4O3S/c1-11(2)9-15(17(25)21-20-23-22-16(28-20)10-12(3)4)24-18(26)13-7-5-6-8-14(13)19(24)27/h5-8,11-12,15H,9-10H2,1-4H3,(H,21,23,25). The van der Waals surface area contributed by atoms with E-state index in [1.54, 1.807) is 24.3 Å². The zero-order chi connectivity index (χ0) is 20.4. The van der Waals surface area contributed by atoms with Gasteiger partial charge in [-0.25, -0.2) is 0 Å². The third-order valence-electron chi connectivity index (χ3n) is 4.41. The lowest BCUT2D eigenvalue weighted by Crippen LogP contribution is -2.47. The first-order valence-electron chi connectivity index (χ1n) is 9.38. The molecule has 28 heavy (non-hydrogen) atoms. The zero-order valence-corrected chi connectivity index (χ0v) is 17.2. The summed E-state index contributed by atoms with van der Waals surface area (Å²) in [7, 11) is 0. The highest BCUT2D eigenvalue weighted by molar-refractivity contribution is 7.15. The van der Waals surface area contributed by atoms with Gasteiger partial charge in [0.05, 0.1) is 11.1 Å². The molecule has 3 rings (SSSR count). The number of carbonyl (C=O) groups is 3. The van der Waals surface area contributed by atoms with E-state index in [-0.39, 0.29) is 5.92 Å². The van der Waals surface area contributed by atoms with E-state index >= 15 is 0 Å². The van der Waals surface area contributed by atoms with Gasteiger partial charge in [0.1, 0.15) is 11.0 Å². The minimum absolute atomic E-state index is 0.117. The van der Waals surface area contributed by atoms with Gasteiger partial charge in [-0.05, 0) is 30.4 Å². The van der Waals surface area contributed by atoms with Crippen LogP contribution in [0.5, 0.6) is 0 Å². The largest absolute Gasteiger partial charge is 0.299 e. The van der Waals surface area contributed by atoms with Crippen LogP contribution in [0.15, 0.2) is 24.3 Å². The number of carbonyl (C=O) groups excluding carboxylic acids is 3. The summed E-state index contributed by atoms with van der Waals surface area (Å²) in [5, 5.41) is 12.1. The summed E-state index contributed by atoms with van der Waals surface area (Å²) in [6, 6.07) is 5.75. The molecule has 1 aliphatic rings. The molecule has 8 heteroatoms. The van der Waals surface area contributed by atoms with Crippen LogP contribution in [-0.4, -0.2) is 38.9 Å². The normalized spacial score (nSPS) is 14.7. The molecule has 1 aromatic carbocycles. The summed E-state index contributed by atoms with van der Waals surface area (Å²) in [5.41, 5.74) is 0.674. The second kappa shape index (κ2) is 8.18. The molecule has 0 radical (unpaired) electrons. The highest BCUT2D eigenvalue weighted by atomic mass is 32.1. The molecule has 1 atom stereocenters. The molecule has 148 valence electrons. The molecular formula is C20H24N4O3S. The summed E-state index contributed by atoms with van der Waals surface area (Å²) >= 11 is 1.31. The van der Waals surface area contributed by atoms with Crippen molar-refractivity contribution in [1.29, 1.82) is 0 Å². The van der Waals surface area contributed by atoms with Crippen molar-refractivity contribution >= 4 is 34.2 Å². The molecule has 2 heterocycles. The quantitative estimate of drug-likeness (QED) is 0.719. The monoisotopic (exact) mass is 400 g/mol. The van der Waals surface area contributed by atoms with Crippen LogP contribution < -0.4 is 5.32 Å². The molecule has 0 saturated carbocycles. The third-order valence-corrected chi connectivity index (χ3v) is 5.28. The van der Waals surface area contributed by atoms with Gasteiger partial charge in [-0.3, -0.25) is 24.6 Å². The second-order valence-electron chi connectivity index (χ2n) is 7.76. The molecule has 0 aliphatic carbocycles. The number of hydrogen-bond donors (Lipinski definition) is 1. The molecule has 7 nitrogen and oxygen atoms in total. The van der Waals surface area contributed by atoms with Gasteiger partial charge in [0.15, 0.2) is 0 Å². The number of anilines is 1. The Labute approximate surface area is 168 Å². The van der Waals surface area contributed by atoms with Crippen molar-refractivity contribution in [1.82, 2.24) is 15.1 Å². The lowest BCUT2D eigenvalue weighted by atomic mass is 10.0. The van der Waals surface area contributed by atoms with E-state index in [0.29, 0.717) is 28.6 Å². The van der Waals surface area contributed by atoms with E-state index < -0.39 is 23.8 Å². The number of hydrogen-bond acceptors (Lipinski definition) is 6. The first-order chi connectivity index (χ1) is 13.3. The predicted molar refractivity (Wildman–Crippen MR) is 107 cm³/mol. The molecule has 0 fully saturated rings. The van der Waals surface area contributed by atoms with Gasteiger partial charge < -0.3 is 0 Å². The first kappa shape index (κ1) is 20.1. The Balaban J connectivity index is 1.82. The van der Waals surface area contributed by atoms with Gasteiger partial charge in [0.25, 0.3) is 11.8 Å². The summed E-state index contributed by atoms with van der Waals surface area (Å²) < 4.78 is 0. The number of fused-ring (bicyclic) bond motifs is 1. The minimum Gasteiger partial charge on any atom is -0.299 e. The Morgan fingerprint density at radius 3 is 2.18 bits per heavy atom. The van der Waals surface area contributed by atoms with Crippen LogP contribution in [-0.2, 0) is 11.2 Å². The molecular weight excluding hydrogens is 376 g/mol. The Morgan fingerprint density at radius 1 is 1.04 bits per heavy atom. The molecule has 1 aliphatic heterocycles. The van der Waals surface area contributed by atoms with Crippen LogP contribution in [0.4, 0.5) is 5.13 Å². The van der Waals surface area contributed by atoms with Crippen molar-refractivity contribution in [2.24, 2.45) is 11.8 Å². The fourth-order valence-electron chi connectivity index (χ4n) is 3.19. The maximum absolute atomic E-state index is 13.0. The van der Waals surface area contributed by atoms with Gasteiger partial charge in [-0.2, -0.15) is 0 Å². The molecule has 0 bridgehead atoms. The van der Waals surface area contributed by atoms with Gasteiger partial charge in [0.2, 0.25) is 11.0 Å². The second-order valence-corrected chi connectivity index (χ2v) is 8.82. The highest BCUT2D eigenvalue weighted by Gasteiger charge is 2.42. The third kappa shape index (κ3) is 4.11. The van der Waals surface area contributed by atoms with Crippen molar-refractivity contribution < 1.29 is 14.4 Å². The van der Waals surface area contributed by atoms with Crippen LogP contribution in [0.3, 0.4) is 0 Å². The van der Waals surface area contributed by atoms with E-state index in [0.717, 1.165) is 16.3 Å². The number of nitrogens with zero attached hydrogens (tertiary/aromatic N) is 3. The smallest absolute Gasteiger partial charge is 0.262 e. The van der Waals surface area contributed by atoms with Crippen molar-refractivity contribution in [3.05, 3.63) is 40.4 Å². The number of benzene rings is 1. The van der Waals surface area contributed by atoms with Gasteiger partial charge in [-0.1, -0.05) is 51.2 Å². The first-order valence-corrected chi connectivity index (χ1v) is 10.2. The maximum atomic E-state index is 13.0. The SMILES string of the molecule is CC(C)Cc1nnc(NC(=O)C(CC(C)C)N2C(=O)c3ccccc3C2=O)s1.